The molecule has 6 nitrogen and oxygen atoms in total. The van der Waals surface area contributed by atoms with E-state index in [1.165, 1.54) is 15.3 Å². The summed E-state index contributed by atoms with van der Waals surface area (Å²) in [5.74, 6) is 1.38. The first-order valence-corrected chi connectivity index (χ1v) is 11.9. The first-order valence-electron chi connectivity index (χ1n) is 11.1. The van der Waals surface area contributed by atoms with Gasteiger partial charge >= 0.3 is 0 Å². The third-order valence-electron chi connectivity index (χ3n) is 5.97. The lowest BCUT2D eigenvalue weighted by Crippen LogP contribution is -3.08. The number of rotatable bonds is 6. The highest BCUT2D eigenvalue weighted by molar-refractivity contribution is 7.16. The van der Waals surface area contributed by atoms with E-state index < -0.39 is 0 Å². The van der Waals surface area contributed by atoms with E-state index in [4.69, 9.17) is 9.47 Å². The Morgan fingerprint density at radius 2 is 1.94 bits per heavy atom. The van der Waals surface area contributed by atoms with Crippen molar-refractivity contribution in [1.82, 2.24) is 5.32 Å². The van der Waals surface area contributed by atoms with Crippen molar-refractivity contribution in [2.45, 2.75) is 32.7 Å². The van der Waals surface area contributed by atoms with Gasteiger partial charge in [-0.25, -0.2) is 0 Å². The SMILES string of the molecule is CCOc1cc([C@@H]2NC(=O)c3c(sc4c3CC[NH+](C)C4)N2)ccc1OCc1ccccc1. The summed E-state index contributed by atoms with van der Waals surface area (Å²) in [5, 5.41) is 7.65. The van der Waals surface area contributed by atoms with Gasteiger partial charge in [-0.2, -0.15) is 0 Å². The zero-order valence-corrected chi connectivity index (χ0v) is 19.2. The zero-order chi connectivity index (χ0) is 22.1. The lowest BCUT2D eigenvalue weighted by molar-refractivity contribution is -0.895. The predicted molar refractivity (Wildman–Crippen MR) is 126 cm³/mol. The fourth-order valence-corrected chi connectivity index (χ4v) is 5.71. The van der Waals surface area contributed by atoms with Crippen LogP contribution < -0.4 is 25.0 Å². The number of likely N-dealkylation sites (N-methyl/N-ethyl adjacent to an activating group) is 1. The molecule has 1 amide bonds. The van der Waals surface area contributed by atoms with Gasteiger partial charge < -0.3 is 25.0 Å². The number of amides is 1. The summed E-state index contributed by atoms with van der Waals surface area (Å²) in [4.78, 5) is 15.8. The Labute approximate surface area is 192 Å². The van der Waals surface area contributed by atoms with Crippen LogP contribution in [0.4, 0.5) is 5.00 Å². The lowest BCUT2D eigenvalue weighted by atomic mass is 10.0. The normalized spacial score (nSPS) is 19.4. The molecule has 1 unspecified atom stereocenters. The van der Waals surface area contributed by atoms with Crippen molar-refractivity contribution in [3.63, 3.8) is 0 Å². The number of hydrogen-bond acceptors (Lipinski definition) is 5. The number of ether oxygens (including phenoxy) is 2. The number of carbonyl (C=O) groups excluding carboxylic acids is 1. The van der Waals surface area contributed by atoms with Gasteiger partial charge in [-0.3, -0.25) is 4.79 Å². The highest BCUT2D eigenvalue weighted by atomic mass is 32.1. The summed E-state index contributed by atoms with van der Waals surface area (Å²) >= 11 is 1.72. The summed E-state index contributed by atoms with van der Waals surface area (Å²) in [6.07, 6.45) is 0.650. The van der Waals surface area contributed by atoms with E-state index in [9.17, 15) is 4.79 Å². The molecule has 7 heteroatoms. The maximum Gasteiger partial charge on any atom is 0.256 e. The monoisotopic (exact) mass is 450 g/mol. The van der Waals surface area contributed by atoms with E-state index in [-0.39, 0.29) is 12.1 Å². The van der Waals surface area contributed by atoms with Gasteiger partial charge in [0, 0.05) is 6.42 Å². The fourth-order valence-electron chi connectivity index (χ4n) is 4.33. The van der Waals surface area contributed by atoms with Gasteiger partial charge in [0.1, 0.15) is 24.3 Å². The van der Waals surface area contributed by atoms with Gasteiger partial charge in [0.05, 0.1) is 30.6 Å². The molecule has 2 aliphatic rings. The molecular weight excluding hydrogens is 422 g/mol. The molecule has 0 saturated heterocycles. The summed E-state index contributed by atoms with van der Waals surface area (Å²) in [5.41, 5.74) is 4.09. The van der Waals surface area contributed by atoms with Gasteiger partial charge in [0.2, 0.25) is 0 Å². The second-order valence-corrected chi connectivity index (χ2v) is 9.41. The highest BCUT2D eigenvalue weighted by Gasteiger charge is 2.34. The van der Waals surface area contributed by atoms with Crippen molar-refractivity contribution in [2.75, 3.05) is 25.5 Å². The van der Waals surface area contributed by atoms with E-state index in [0.717, 1.165) is 41.2 Å². The number of hydrogen-bond donors (Lipinski definition) is 3. The predicted octanol–water partition coefficient (Wildman–Crippen LogP) is 3.15. The number of carbonyl (C=O) groups is 1. The van der Waals surface area contributed by atoms with E-state index >= 15 is 0 Å². The molecule has 0 saturated carbocycles. The first-order chi connectivity index (χ1) is 15.6. The Hall–Kier alpha value is -3.03. The minimum atomic E-state index is -0.303. The first kappa shape index (κ1) is 20.8. The second-order valence-electron chi connectivity index (χ2n) is 8.31. The summed E-state index contributed by atoms with van der Waals surface area (Å²) in [6, 6.07) is 15.9. The Morgan fingerprint density at radius 1 is 1.09 bits per heavy atom. The van der Waals surface area contributed by atoms with Gasteiger partial charge in [-0.05, 0) is 35.7 Å². The smallest absolute Gasteiger partial charge is 0.256 e. The summed E-state index contributed by atoms with van der Waals surface area (Å²) < 4.78 is 11.9. The molecule has 5 rings (SSSR count). The topological polar surface area (TPSA) is 64.0 Å². The second kappa shape index (κ2) is 8.84. The van der Waals surface area contributed by atoms with Crippen LogP contribution in [0, 0.1) is 0 Å². The van der Waals surface area contributed by atoms with Gasteiger partial charge in [0.15, 0.2) is 11.5 Å². The molecule has 3 aromatic rings. The van der Waals surface area contributed by atoms with Crippen molar-refractivity contribution in [3.05, 3.63) is 75.7 Å². The van der Waals surface area contributed by atoms with Gasteiger partial charge in [0.25, 0.3) is 5.91 Å². The molecule has 0 fully saturated rings. The van der Waals surface area contributed by atoms with Crippen LogP contribution >= 0.6 is 11.3 Å². The van der Waals surface area contributed by atoms with Crippen molar-refractivity contribution < 1.29 is 19.2 Å². The average Bonchev–Trinajstić information content (AvgIpc) is 3.17. The number of anilines is 1. The van der Waals surface area contributed by atoms with Crippen LogP contribution in [0.5, 0.6) is 11.5 Å². The largest absolute Gasteiger partial charge is 0.490 e. The quantitative estimate of drug-likeness (QED) is 0.540. The molecule has 0 spiro atoms. The molecule has 3 N–H and O–H groups in total. The lowest BCUT2D eigenvalue weighted by Gasteiger charge is -2.27. The standard InChI is InChI=1S/C25H27N3O3S/c1-3-30-20-13-17(9-10-19(20)31-15-16-7-5-4-6-8-16)23-26-24(29)22-18-11-12-28(2)14-21(18)32-25(22)27-23/h4-10,13,23,27H,3,11-12,14-15H2,1-2H3,(H,26,29)/p+1/t23-/m1/s1. The number of benzene rings is 2. The van der Waals surface area contributed by atoms with Crippen LogP contribution in [0.25, 0.3) is 0 Å². The summed E-state index contributed by atoms with van der Waals surface area (Å²) in [7, 11) is 2.20. The van der Waals surface area contributed by atoms with Crippen LogP contribution in [0.2, 0.25) is 0 Å². The van der Waals surface area contributed by atoms with Crippen LogP contribution in [-0.2, 0) is 19.6 Å². The Morgan fingerprint density at radius 3 is 2.75 bits per heavy atom. The molecule has 0 aliphatic carbocycles. The molecule has 2 aliphatic heterocycles. The molecule has 1 aromatic heterocycles. The minimum Gasteiger partial charge on any atom is -0.490 e. The zero-order valence-electron chi connectivity index (χ0n) is 18.4. The van der Waals surface area contributed by atoms with Crippen molar-refractivity contribution in [2.24, 2.45) is 0 Å². The third kappa shape index (κ3) is 4.06. The van der Waals surface area contributed by atoms with E-state index in [1.807, 2.05) is 55.5 Å². The minimum absolute atomic E-state index is 0.00293. The van der Waals surface area contributed by atoms with E-state index in [1.54, 1.807) is 11.3 Å². The molecule has 2 atom stereocenters. The van der Waals surface area contributed by atoms with Gasteiger partial charge in [-0.15, -0.1) is 11.3 Å². The number of thiophene rings is 1. The van der Waals surface area contributed by atoms with Crippen LogP contribution in [0.3, 0.4) is 0 Å². The molecule has 166 valence electrons. The number of nitrogens with one attached hydrogen (secondary N) is 3. The number of fused-ring (bicyclic) bond motifs is 3. The fraction of sp³-hybridized carbons (Fsp3) is 0.320. The van der Waals surface area contributed by atoms with Crippen molar-refractivity contribution in [1.29, 1.82) is 0 Å². The third-order valence-corrected chi connectivity index (χ3v) is 7.13. The van der Waals surface area contributed by atoms with Crippen LogP contribution in [0.1, 0.15) is 45.0 Å². The molecule has 0 bridgehead atoms. The van der Waals surface area contributed by atoms with E-state index in [0.29, 0.717) is 24.7 Å². The molecular formula is C25H28N3O3S+. The van der Waals surface area contributed by atoms with Crippen molar-refractivity contribution in [3.8, 4) is 11.5 Å². The molecule has 3 heterocycles. The van der Waals surface area contributed by atoms with Crippen LogP contribution in [0.15, 0.2) is 48.5 Å². The Bertz CT molecular complexity index is 1130. The maximum atomic E-state index is 13.0. The molecule has 32 heavy (non-hydrogen) atoms. The summed E-state index contributed by atoms with van der Waals surface area (Å²) in [6.45, 7) is 5.01. The van der Waals surface area contributed by atoms with Crippen LogP contribution in [-0.4, -0.2) is 26.1 Å². The number of quaternary nitrogens is 1. The molecule has 2 aromatic carbocycles. The van der Waals surface area contributed by atoms with Gasteiger partial charge in [-0.1, -0.05) is 36.4 Å². The highest BCUT2D eigenvalue weighted by Crippen LogP contribution is 2.40. The average molecular weight is 451 g/mol. The van der Waals surface area contributed by atoms with Crippen molar-refractivity contribution >= 4 is 22.2 Å². The Kier molecular flexibility index (Phi) is 5.76. The maximum absolute atomic E-state index is 13.0. The van der Waals surface area contributed by atoms with E-state index in [2.05, 4.69) is 17.7 Å². The Balaban J connectivity index is 1.38. The molecule has 0 radical (unpaired) electrons.